The number of nitrogens with zero attached hydrogens (tertiary/aromatic N) is 4. The molecule has 0 spiro atoms. The van der Waals surface area contributed by atoms with E-state index in [1.54, 1.807) is 84.9 Å². The number of aromatic nitrogens is 4. The summed E-state index contributed by atoms with van der Waals surface area (Å²) in [6.45, 7) is 7.54. The maximum Gasteiger partial charge on any atom is 0.283 e. The van der Waals surface area contributed by atoms with E-state index in [2.05, 4.69) is 18.3 Å². The average Bonchev–Trinajstić information content (AvgIpc) is 3.57. The number of allylic oxidation sites excluding steroid dienone is 1. The molecule has 0 saturated heterocycles. The van der Waals surface area contributed by atoms with Crippen LogP contribution in [0.4, 0.5) is 0 Å². The molecule has 0 fully saturated rings. The zero-order valence-electron chi connectivity index (χ0n) is 23.4. The smallest absolute Gasteiger partial charge is 0.283 e. The third-order valence-corrected chi connectivity index (χ3v) is 9.81. The van der Waals surface area contributed by atoms with Crippen molar-refractivity contribution < 1.29 is 21.6 Å². The third-order valence-electron chi connectivity index (χ3n) is 6.49. The molecule has 2 heterocycles. The number of para-hydroxylation sites is 2. The van der Waals surface area contributed by atoms with Crippen molar-refractivity contribution in [2.45, 2.75) is 16.3 Å². The Morgan fingerprint density at radius 1 is 0.659 bits per heavy atom. The molecule has 0 saturated carbocycles. The van der Waals surface area contributed by atoms with Gasteiger partial charge >= 0.3 is 0 Å². The molecular formula is C32H28N4O6S2. The quantitative estimate of drug-likeness (QED) is 0.205. The summed E-state index contributed by atoms with van der Waals surface area (Å²) in [7, 11) is -7.64. The SMILES string of the molecule is C=CCOc1nn(S(=O)(=O)c2ccccc2)c2ccccc12.C=CCn1c(=O)c2ccccc2n1S(=O)(=O)c1ccccc1. The number of fused-ring (bicyclic) bond motifs is 2. The van der Waals surface area contributed by atoms with Crippen LogP contribution < -0.4 is 10.3 Å². The Morgan fingerprint density at radius 2 is 1.18 bits per heavy atom. The second kappa shape index (κ2) is 12.6. The maximum absolute atomic E-state index is 12.9. The van der Waals surface area contributed by atoms with Crippen molar-refractivity contribution >= 4 is 41.9 Å². The summed E-state index contributed by atoms with van der Waals surface area (Å²) in [5.41, 5.74) is 0.485. The van der Waals surface area contributed by atoms with Crippen LogP contribution in [0.25, 0.3) is 21.8 Å². The molecule has 0 aliphatic carbocycles. The van der Waals surface area contributed by atoms with Crippen LogP contribution in [0.3, 0.4) is 0 Å². The van der Waals surface area contributed by atoms with Crippen LogP contribution in [0, 0.1) is 0 Å². The average molecular weight is 629 g/mol. The Balaban J connectivity index is 0.000000175. The number of hydrogen-bond acceptors (Lipinski definition) is 7. The van der Waals surface area contributed by atoms with Crippen LogP contribution in [0.5, 0.6) is 5.88 Å². The predicted molar refractivity (Wildman–Crippen MR) is 170 cm³/mol. The lowest BCUT2D eigenvalue weighted by atomic mass is 10.2. The number of ether oxygens (including phenoxy) is 1. The first-order valence-corrected chi connectivity index (χ1v) is 16.2. The molecule has 6 aromatic rings. The van der Waals surface area contributed by atoms with Gasteiger partial charge in [0.2, 0.25) is 5.88 Å². The van der Waals surface area contributed by atoms with Gasteiger partial charge in [-0.3, -0.25) is 4.79 Å². The Hall–Kier alpha value is -5.20. The first kappa shape index (κ1) is 30.3. The summed E-state index contributed by atoms with van der Waals surface area (Å²) in [4.78, 5) is 12.8. The van der Waals surface area contributed by atoms with Gasteiger partial charge in [0.05, 0.1) is 38.1 Å². The molecule has 2 aromatic heterocycles. The van der Waals surface area contributed by atoms with Crippen LogP contribution in [-0.4, -0.2) is 41.4 Å². The van der Waals surface area contributed by atoms with Gasteiger partial charge in [-0.15, -0.1) is 15.8 Å². The van der Waals surface area contributed by atoms with Crippen molar-refractivity contribution in [1.29, 1.82) is 0 Å². The molecule has 4 aromatic carbocycles. The molecule has 0 radical (unpaired) electrons. The van der Waals surface area contributed by atoms with E-state index in [-0.39, 0.29) is 34.4 Å². The van der Waals surface area contributed by atoms with Gasteiger partial charge in [-0.05, 0) is 48.5 Å². The van der Waals surface area contributed by atoms with Crippen LogP contribution in [-0.2, 0) is 26.6 Å². The standard InChI is InChI=1S/2C16H14N2O3S/c1-2-12-21-16-14-10-6-7-11-15(14)18(17-16)22(19,20)13-8-4-3-5-9-13;1-2-12-17-16(19)14-10-6-7-11-15(14)18(17)22(20,21)13-8-4-3-5-9-13/h2*2-11H,1,12H2. The van der Waals surface area contributed by atoms with Gasteiger partial charge in [-0.1, -0.05) is 79.4 Å². The van der Waals surface area contributed by atoms with Crippen molar-refractivity contribution in [2.75, 3.05) is 6.61 Å². The van der Waals surface area contributed by atoms with Gasteiger partial charge in [-0.25, -0.2) is 4.68 Å². The molecule has 0 unspecified atom stereocenters. The molecule has 0 atom stereocenters. The van der Waals surface area contributed by atoms with Crippen molar-refractivity contribution in [3.63, 3.8) is 0 Å². The van der Waals surface area contributed by atoms with Crippen molar-refractivity contribution in [3.8, 4) is 5.88 Å². The van der Waals surface area contributed by atoms with E-state index < -0.39 is 20.0 Å². The second-order valence-corrected chi connectivity index (χ2v) is 12.9. The highest BCUT2D eigenvalue weighted by Crippen LogP contribution is 2.28. The fourth-order valence-corrected chi connectivity index (χ4v) is 7.36. The fraction of sp³-hybridized carbons (Fsp3) is 0.0625. The van der Waals surface area contributed by atoms with Gasteiger partial charge < -0.3 is 4.74 Å². The van der Waals surface area contributed by atoms with Crippen LogP contribution >= 0.6 is 0 Å². The van der Waals surface area contributed by atoms with E-state index in [0.29, 0.717) is 21.8 Å². The summed E-state index contributed by atoms with van der Waals surface area (Å²) in [5.74, 6) is 0.273. The summed E-state index contributed by atoms with van der Waals surface area (Å²) in [5, 5.41) is 5.14. The predicted octanol–water partition coefficient (Wildman–Crippen LogP) is 5.06. The van der Waals surface area contributed by atoms with Crippen LogP contribution in [0.2, 0.25) is 0 Å². The molecule has 0 N–H and O–H groups in total. The van der Waals surface area contributed by atoms with Crippen molar-refractivity contribution in [1.82, 2.24) is 18.0 Å². The fourth-order valence-electron chi connectivity index (χ4n) is 4.54. The van der Waals surface area contributed by atoms with Crippen molar-refractivity contribution in [2.24, 2.45) is 0 Å². The van der Waals surface area contributed by atoms with E-state index in [0.717, 1.165) is 8.17 Å². The lowest BCUT2D eigenvalue weighted by molar-refractivity contribution is 0.350. The molecule has 224 valence electrons. The monoisotopic (exact) mass is 628 g/mol. The minimum atomic E-state index is -3.87. The highest BCUT2D eigenvalue weighted by atomic mass is 32.2. The zero-order chi connectivity index (χ0) is 31.3. The lowest BCUT2D eigenvalue weighted by Crippen LogP contribution is -2.27. The molecule has 0 amide bonds. The lowest BCUT2D eigenvalue weighted by Gasteiger charge is -2.12. The topological polar surface area (TPSA) is 122 Å². The molecule has 6 rings (SSSR count). The third kappa shape index (κ3) is 5.60. The van der Waals surface area contributed by atoms with E-state index in [1.165, 1.54) is 35.0 Å². The summed E-state index contributed by atoms with van der Waals surface area (Å²) in [6.07, 6.45) is 3.08. The largest absolute Gasteiger partial charge is 0.472 e. The van der Waals surface area contributed by atoms with Crippen LogP contribution in [0.15, 0.2) is 149 Å². The minimum absolute atomic E-state index is 0.111. The van der Waals surface area contributed by atoms with E-state index in [9.17, 15) is 21.6 Å². The van der Waals surface area contributed by atoms with Gasteiger partial charge in [0.1, 0.15) is 6.61 Å². The van der Waals surface area contributed by atoms with Gasteiger partial charge in [-0.2, -0.15) is 20.9 Å². The molecule has 12 heteroatoms. The maximum atomic E-state index is 12.9. The highest BCUT2D eigenvalue weighted by Gasteiger charge is 2.25. The molecule has 0 aliphatic heterocycles. The summed E-state index contributed by atoms with van der Waals surface area (Å²) in [6, 6.07) is 29.9. The van der Waals surface area contributed by atoms with Gasteiger partial charge in [0.25, 0.3) is 25.6 Å². The first-order chi connectivity index (χ1) is 21.2. The Bertz CT molecular complexity index is 2240. The van der Waals surface area contributed by atoms with Crippen molar-refractivity contribution in [3.05, 3.63) is 145 Å². The van der Waals surface area contributed by atoms with Crippen LogP contribution in [0.1, 0.15) is 0 Å². The highest BCUT2D eigenvalue weighted by molar-refractivity contribution is 7.90. The minimum Gasteiger partial charge on any atom is -0.472 e. The summed E-state index contributed by atoms with van der Waals surface area (Å²) >= 11 is 0. The number of rotatable bonds is 9. The number of hydrogen-bond donors (Lipinski definition) is 0. The Labute approximate surface area is 254 Å². The molecule has 0 aliphatic rings. The normalized spacial score (nSPS) is 11.5. The Kier molecular flexibility index (Phi) is 8.65. The van der Waals surface area contributed by atoms with E-state index >= 15 is 0 Å². The van der Waals surface area contributed by atoms with Gasteiger partial charge in [0.15, 0.2) is 0 Å². The zero-order valence-corrected chi connectivity index (χ0v) is 25.1. The van der Waals surface area contributed by atoms with Gasteiger partial charge in [0, 0.05) is 0 Å². The molecule has 0 bridgehead atoms. The Morgan fingerprint density at radius 3 is 1.77 bits per heavy atom. The first-order valence-electron chi connectivity index (χ1n) is 13.4. The molecular weight excluding hydrogens is 601 g/mol. The number of benzene rings is 4. The van der Waals surface area contributed by atoms with E-state index in [1.807, 2.05) is 6.07 Å². The second-order valence-electron chi connectivity index (χ2n) is 9.34. The molecule has 10 nitrogen and oxygen atoms in total. The molecule has 44 heavy (non-hydrogen) atoms. The summed E-state index contributed by atoms with van der Waals surface area (Å²) < 4.78 is 60.1. The van der Waals surface area contributed by atoms with E-state index in [4.69, 9.17) is 4.74 Å².